The van der Waals surface area contributed by atoms with Gasteiger partial charge in [-0.2, -0.15) is 11.8 Å². The highest BCUT2D eigenvalue weighted by Gasteiger charge is 2.19. The Morgan fingerprint density at radius 1 is 1.60 bits per heavy atom. The summed E-state index contributed by atoms with van der Waals surface area (Å²) in [4.78, 5) is 0. The maximum atomic E-state index is 2.14. The van der Waals surface area contributed by atoms with Crippen molar-refractivity contribution in [3.8, 4) is 0 Å². The molecule has 0 amide bonds. The predicted molar refractivity (Wildman–Crippen MR) is 26.0 cm³/mol. The molecule has 1 rings (SSSR count). The summed E-state index contributed by atoms with van der Waals surface area (Å²) < 4.78 is 0. The second kappa shape index (κ2) is 1.21. The molecule has 1 aliphatic carbocycles. The van der Waals surface area contributed by atoms with E-state index in [0.717, 1.165) is 0 Å². The van der Waals surface area contributed by atoms with Gasteiger partial charge in [-0.25, -0.2) is 0 Å². The van der Waals surface area contributed by atoms with Gasteiger partial charge in [-0.05, 0) is 19.1 Å². The Morgan fingerprint density at radius 3 is 2.20 bits per heavy atom. The van der Waals surface area contributed by atoms with Crippen molar-refractivity contribution in [3.63, 3.8) is 0 Å². The van der Waals surface area contributed by atoms with Crippen LogP contribution in [-0.4, -0.2) is 6.26 Å². The molecule has 29 valence electrons. The van der Waals surface area contributed by atoms with Gasteiger partial charge < -0.3 is 0 Å². The fraction of sp³-hybridized carbons (Fsp3) is 0.750. The fourth-order valence-electron chi connectivity index (χ4n) is 0.255. The van der Waals surface area contributed by atoms with Crippen molar-refractivity contribution in [3.05, 3.63) is 5.25 Å². The van der Waals surface area contributed by atoms with Crippen LogP contribution in [0.5, 0.6) is 0 Å². The first-order valence-electron chi connectivity index (χ1n) is 1.82. The third kappa shape index (κ3) is 0.839. The first-order chi connectivity index (χ1) is 2.43. The highest BCUT2D eigenvalue weighted by Crippen LogP contribution is 2.40. The van der Waals surface area contributed by atoms with E-state index >= 15 is 0 Å². The number of hydrogen-bond acceptors (Lipinski definition) is 1. The van der Waals surface area contributed by atoms with Gasteiger partial charge >= 0.3 is 0 Å². The zero-order valence-electron chi connectivity index (χ0n) is 3.32. The predicted octanol–water partition coefficient (Wildman–Crippen LogP) is 1.68. The van der Waals surface area contributed by atoms with Gasteiger partial charge in [0.15, 0.2) is 0 Å². The van der Waals surface area contributed by atoms with Gasteiger partial charge in [-0.3, -0.25) is 0 Å². The molecule has 0 saturated heterocycles. The summed E-state index contributed by atoms with van der Waals surface area (Å²) in [7, 11) is 0. The minimum Gasteiger partial charge on any atom is -0.157 e. The zero-order valence-corrected chi connectivity index (χ0v) is 4.14. The van der Waals surface area contributed by atoms with Crippen LogP contribution >= 0.6 is 11.8 Å². The van der Waals surface area contributed by atoms with Crippen LogP contribution in [0.3, 0.4) is 0 Å². The van der Waals surface area contributed by atoms with Crippen LogP contribution in [-0.2, 0) is 0 Å². The van der Waals surface area contributed by atoms with Crippen LogP contribution < -0.4 is 0 Å². The van der Waals surface area contributed by atoms with Gasteiger partial charge in [-0.15, -0.1) is 0 Å². The lowest BCUT2D eigenvalue weighted by atomic mass is 11.0. The molecule has 0 bridgehead atoms. The molecular formula is C4H7S. The van der Waals surface area contributed by atoms with Crippen LogP contribution in [0.1, 0.15) is 12.8 Å². The summed E-state index contributed by atoms with van der Waals surface area (Å²) in [6.45, 7) is 0. The van der Waals surface area contributed by atoms with Crippen molar-refractivity contribution >= 4 is 11.8 Å². The highest BCUT2D eigenvalue weighted by atomic mass is 32.2. The minimum absolute atomic E-state index is 1.39. The minimum atomic E-state index is 1.39. The zero-order chi connectivity index (χ0) is 3.70. The van der Waals surface area contributed by atoms with E-state index in [1.807, 2.05) is 11.8 Å². The Balaban J connectivity index is 2.00. The molecule has 0 aliphatic heterocycles. The van der Waals surface area contributed by atoms with E-state index in [9.17, 15) is 0 Å². The standard InChI is InChI=1S/C4H7S/c1-5-4-2-3-4/h2-3H2,1H3. The first kappa shape index (κ1) is 3.54. The maximum absolute atomic E-state index is 2.14. The van der Waals surface area contributed by atoms with Crippen LogP contribution in [0.25, 0.3) is 0 Å². The molecule has 1 heteroatoms. The van der Waals surface area contributed by atoms with Crippen molar-refractivity contribution in [1.29, 1.82) is 0 Å². The Labute approximate surface area is 37.0 Å². The Morgan fingerprint density at radius 2 is 2.20 bits per heavy atom. The third-order valence-corrected chi connectivity index (χ3v) is 1.73. The normalized spacial score (nSPS) is 23.4. The average molecular weight is 87.2 g/mol. The van der Waals surface area contributed by atoms with Crippen LogP contribution in [0.15, 0.2) is 0 Å². The van der Waals surface area contributed by atoms with Crippen LogP contribution in [0, 0.1) is 5.25 Å². The van der Waals surface area contributed by atoms with E-state index < -0.39 is 0 Å². The van der Waals surface area contributed by atoms with E-state index in [2.05, 4.69) is 6.26 Å². The van der Waals surface area contributed by atoms with Crippen molar-refractivity contribution in [2.75, 3.05) is 6.26 Å². The molecule has 0 N–H and O–H groups in total. The number of hydrogen-bond donors (Lipinski definition) is 0. The molecule has 0 aromatic heterocycles. The van der Waals surface area contributed by atoms with Crippen molar-refractivity contribution in [2.24, 2.45) is 0 Å². The third-order valence-electron chi connectivity index (χ3n) is 0.743. The van der Waals surface area contributed by atoms with E-state index in [1.165, 1.54) is 12.8 Å². The summed E-state index contributed by atoms with van der Waals surface area (Å²) in [5.74, 6) is 0. The molecule has 1 saturated carbocycles. The second-order valence-electron chi connectivity index (χ2n) is 1.24. The van der Waals surface area contributed by atoms with E-state index in [4.69, 9.17) is 0 Å². The Kier molecular flexibility index (Phi) is 0.856. The van der Waals surface area contributed by atoms with Gasteiger partial charge in [0.05, 0.1) is 0 Å². The largest absolute Gasteiger partial charge is 0.157 e. The number of thioether (sulfide) groups is 1. The summed E-state index contributed by atoms with van der Waals surface area (Å²) in [6, 6.07) is 0. The smallest absolute Gasteiger partial charge is 0.0304 e. The molecule has 1 radical (unpaired) electrons. The van der Waals surface area contributed by atoms with Gasteiger partial charge in [0.25, 0.3) is 0 Å². The van der Waals surface area contributed by atoms with Gasteiger partial charge in [0, 0.05) is 5.25 Å². The molecule has 0 heterocycles. The van der Waals surface area contributed by atoms with Gasteiger partial charge in [0.2, 0.25) is 0 Å². The molecule has 0 aromatic rings. The highest BCUT2D eigenvalue weighted by molar-refractivity contribution is 8.01. The summed E-state index contributed by atoms with van der Waals surface area (Å²) in [6.07, 6.45) is 4.92. The fourth-order valence-corrected chi connectivity index (χ4v) is 0.765. The summed E-state index contributed by atoms with van der Waals surface area (Å²) >= 11 is 1.91. The molecule has 0 unspecified atom stereocenters. The van der Waals surface area contributed by atoms with Crippen LogP contribution in [0.2, 0.25) is 0 Å². The second-order valence-corrected chi connectivity index (χ2v) is 2.23. The van der Waals surface area contributed by atoms with Crippen LogP contribution in [0.4, 0.5) is 0 Å². The van der Waals surface area contributed by atoms with Crippen molar-refractivity contribution in [1.82, 2.24) is 0 Å². The lowest BCUT2D eigenvalue weighted by Gasteiger charge is -1.73. The lowest BCUT2D eigenvalue weighted by molar-refractivity contribution is 1.50. The Bertz CT molecular complexity index is 30.6. The average Bonchev–Trinajstić information content (AvgIpc) is 2.12. The molecule has 0 spiro atoms. The van der Waals surface area contributed by atoms with Crippen molar-refractivity contribution in [2.45, 2.75) is 12.8 Å². The molecule has 0 nitrogen and oxygen atoms in total. The Hall–Kier alpha value is 0.350. The van der Waals surface area contributed by atoms with E-state index in [-0.39, 0.29) is 0 Å². The topological polar surface area (TPSA) is 0 Å². The maximum Gasteiger partial charge on any atom is 0.0304 e. The lowest BCUT2D eigenvalue weighted by Crippen LogP contribution is -1.45. The molecule has 0 aromatic carbocycles. The molecular weight excluding hydrogens is 80.1 g/mol. The summed E-state index contributed by atoms with van der Waals surface area (Å²) in [5, 5.41) is 1.67. The SMILES string of the molecule is CS[C]1CC1. The quantitative estimate of drug-likeness (QED) is 0.469. The van der Waals surface area contributed by atoms with Gasteiger partial charge in [0.1, 0.15) is 0 Å². The molecule has 5 heavy (non-hydrogen) atoms. The molecule has 1 aliphatic rings. The van der Waals surface area contributed by atoms with E-state index in [0.29, 0.717) is 0 Å². The summed E-state index contributed by atoms with van der Waals surface area (Å²) in [5.41, 5.74) is 0. The van der Waals surface area contributed by atoms with E-state index in [1.54, 1.807) is 5.25 Å². The van der Waals surface area contributed by atoms with Gasteiger partial charge in [-0.1, -0.05) is 0 Å². The van der Waals surface area contributed by atoms with Crippen molar-refractivity contribution < 1.29 is 0 Å². The first-order valence-corrected chi connectivity index (χ1v) is 3.04. The molecule has 0 atom stereocenters. The number of rotatable bonds is 1. The monoisotopic (exact) mass is 87.0 g/mol. The molecule has 1 fully saturated rings.